The van der Waals surface area contributed by atoms with Crippen molar-refractivity contribution in [2.24, 2.45) is 5.73 Å². The Kier molecular flexibility index (Phi) is 5.12. The molecule has 2 aromatic rings. The lowest BCUT2D eigenvalue weighted by atomic mass is 10.1. The number of amides is 1. The molecule has 12 heteroatoms. The van der Waals surface area contributed by atoms with Crippen LogP contribution in [-0.4, -0.2) is 38.8 Å². The van der Waals surface area contributed by atoms with Crippen LogP contribution in [0.4, 0.5) is 27.9 Å². The van der Waals surface area contributed by atoms with Gasteiger partial charge in [-0.25, -0.2) is 23.7 Å². The number of nitrogens with zero attached hydrogens (tertiary/aromatic N) is 4. The van der Waals surface area contributed by atoms with Gasteiger partial charge in [0.25, 0.3) is 5.91 Å². The zero-order valence-corrected chi connectivity index (χ0v) is 14.1. The van der Waals surface area contributed by atoms with Gasteiger partial charge in [0.05, 0.1) is 24.5 Å². The highest BCUT2D eigenvalue weighted by Gasteiger charge is 2.38. The molecule has 3 N–H and O–H groups in total. The first-order valence-corrected chi connectivity index (χ1v) is 7.90. The summed E-state index contributed by atoms with van der Waals surface area (Å²) in [6, 6.07) is 0.882. The lowest BCUT2D eigenvalue weighted by Gasteiger charge is -2.29. The number of nitrogens with one attached hydrogen (secondary N) is 1. The van der Waals surface area contributed by atoms with Gasteiger partial charge in [-0.1, -0.05) is 0 Å². The number of pyridine rings is 1. The highest BCUT2D eigenvalue weighted by Crippen LogP contribution is 2.31. The summed E-state index contributed by atoms with van der Waals surface area (Å²) in [5.41, 5.74) is 4.08. The van der Waals surface area contributed by atoms with Crippen LogP contribution in [0.5, 0.6) is 0 Å². The molecule has 1 amide bonds. The zero-order chi connectivity index (χ0) is 20.5. The molecule has 3 rings (SSSR count). The molecule has 0 aromatic carbocycles. The number of rotatable bonds is 3. The summed E-state index contributed by atoms with van der Waals surface area (Å²) in [6.07, 6.45) is -2.20. The number of halogens is 5. The molecule has 0 aliphatic carbocycles. The minimum absolute atomic E-state index is 0.0617. The monoisotopic (exact) mass is 400 g/mol. The van der Waals surface area contributed by atoms with E-state index in [-0.39, 0.29) is 31.2 Å². The summed E-state index contributed by atoms with van der Waals surface area (Å²) in [4.78, 5) is 24.0. The van der Waals surface area contributed by atoms with Crippen LogP contribution in [0.1, 0.15) is 22.5 Å². The van der Waals surface area contributed by atoms with Crippen LogP contribution in [0.15, 0.2) is 36.1 Å². The number of hydrogen-bond donors (Lipinski definition) is 2. The molecule has 0 radical (unpaired) electrons. The Morgan fingerprint density at radius 3 is 2.46 bits per heavy atom. The van der Waals surface area contributed by atoms with Crippen molar-refractivity contribution in [2.45, 2.75) is 12.6 Å². The average molecular weight is 400 g/mol. The molecule has 0 atom stereocenters. The summed E-state index contributed by atoms with van der Waals surface area (Å²) in [5, 5.41) is 2.79. The van der Waals surface area contributed by atoms with Crippen LogP contribution < -0.4 is 11.1 Å². The smallest absolute Gasteiger partial charge is 0.399 e. The van der Waals surface area contributed by atoms with Crippen molar-refractivity contribution in [1.82, 2.24) is 19.9 Å². The van der Waals surface area contributed by atoms with Gasteiger partial charge in [0, 0.05) is 30.6 Å². The van der Waals surface area contributed by atoms with E-state index in [1.54, 1.807) is 0 Å². The van der Waals surface area contributed by atoms with Crippen LogP contribution >= 0.6 is 0 Å². The summed E-state index contributed by atoms with van der Waals surface area (Å²) in [6.45, 7) is -0.0857. The number of carbonyl (C=O) groups excluding carboxylic acids is 1. The molecule has 0 fully saturated rings. The van der Waals surface area contributed by atoms with Gasteiger partial charge in [-0.2, -0.15) is 13.2 Å². The standard InChI is InChI=1S/C16H13F5N6O/c17-8-5-24-15(25-6-8)26-11-2-4-27(7-10(11)22)14(28)9-1-3-23-13(12(9)18)16(19,20)21/h1,3,5-6H,2,4,7,22H2,(H,24,25,26). The Hall–Kier alpha value is -3.31. The number of alkyl halides is 3. The van der Waals surface area contributed by atoms with E-state index < -0.39 is 35.0 Å². The summed E-state index contributed by atoms with van der Waals surface area (Å²) in [5.74, 6) is -3.20. The van der Waals surface area contributed by atoms with Crippen molar-refractivity contribution >= 4 is 11.9 Å². The van der Waals surface area contributed by atoms with Crippen LogP contribution in [0.25, 0.3) is 0 Å². The molecule has 0 saturated carbocycles. The van der Waals surface area contributed by atoms with Gasteiger partial charge >= 0.3 is 6.18 Å². The fraction of sp³-hybridized carbons (Fsp3) is 0.250. The van der Waals surface area contributed by atoms with Gasteiger partial charge in [-0.3, -0.25) is 4.79 Å². The number of hydrogen-bond acceptors (Lipinski definition) is 6. The van der Waals surface area contributed by atoms with E-state index in [1.807, 2.05) is 0 Å². The van der Waals surface area contributed by atoms with Crippen molar-refractivity contribution < 1.29 is 26.7 Å². The van der Waals surface area contributed by atoms with Gasteiger partial charge in [0.2, 0.25) is 5.95 Å². The van der Waals surface area contributed by atoms with Crippen LogP contribution in [0, 0.1) is 11.6 Å². The first-order chi connectivity index (χ1) is 13.2. The second kappa shape index (κ2) is 7.37. The van der Waals surface area contributed by atoms with Gasteiger partial charge in [0.1, 0.15) is 0 Å². The van der Waals surface area contributed by atoms with Crippen molar-refractivity contribution in [3.05, 3.63) is 58.9 Å². The third kappa shape index (κ3) is 4.00. The third-order valence-corrected chi connectivity index (χ3v) is 3.94. The Balaban J connectivity index is 1.77. The molecule has 0 saturated heterocycles. The first-order valence-electron chi connectivity index (χ1n) is 7.90. The number of anilines is 1. The predicted molar refractivity (Wildman–Crippen MR) is 86.5 cm³/mol. The molecule has 0 spiro atoms. The fourth-order valence-corrected chi connectivity index (χ4v) is 2.59. The van der Waals surface area contributed by atoms with Crippen molar-refractivity contribution in [3.63, 3.8) is 0 Å². The number of nitrogens with two attached hydrogens (primary N) is 1. The van der Waals surface area contributed by atoms with Gasteiger partial charge in [-0.15, -0.1) is 0 Å². The minimum atomic E-state index is -5.02. The molecule has 1 aliphatic rings. The van der Waals surface area contributed by atoms with Crippen LogP contribution in [0.2, 0.25) is 0 Å². The minimum Gasteiger partial charge on any atom is -0.399 e. The third-order valence-electron chi connectivity index (χ3n) is 3.94. The quantitative estimate of drug-likeness (QED) is 0.768. The maximum absolute atomic E-state index is 14.1. The lowest BCUT2D eigenvalue weighted by Crippen LogP contribution is -2.40. The Morgan fingerprint density at radius 1 is 1.18 bits per heavy atom. The van der Waals surface area contributed by atoms with E-state index in [0.717, 1.165) is 29.6 Å². The Bertz CT molecular complexity index is 928. The van der Waals surface area contributed by atoms with E-state index in [0.29, 0.717) is 5.70 Å². The van der Waals surface area contributed by atoms with Gasteiger partial charge < -0.3 is 16.0 Å². The second-order valence-corrected chi connectivity index (χ2v) is 5.85. The second-order valence-electron chi connectivity index (χ2n) is 5.85. The van der Waals surface area contributed by atoms with Gasteiger partial charge in [0.15, 0.2) is 17.3 Å². The highest BCUT2D eigenvalue weighted by molar-refractivity contribution is 5.94. The van der Waals surface area contributed by atoms with Crippen molar-refractivity contribution in [1.29, 1.82) is 0 Å². The molecule has 28 heavy (non-hydrogen) atoms. The molecule has 1 aliphatic heterocycles. The summed E-state index contributed by atoms with van der Waals surface area (Å²) >= 11 is 0. The van der Waals surface area contributed by atoms with E-state index in [1.165, 1.54) is 0 Å². The molecule has 148 valence electrons. The maximum atomic E-state index is 14.1. The molecular formula is C16H13F5N6O. The van der Waals surface area contributed by atoms with Crippen molar-refractivity contribution in [2.75, 3.05) is 18.4 Å². The number of carbonyl (C=O) groups is 1. The zero-order valence-electron chi connectivity index (χ0n) is 14.1. The van der Waals surface area contributed by atoms with E-state index in [2.05, 4.69) is 20.3 Å². The predicted octanol–water partition coefficient (Wildman–Crippen LogP) is 2.30. The van der Waals surface area contributed by atoms with Crippen LogP contribution in [0.3, 0.4) is 0 Å². The molecule has 7 nitrogen and oxygen atoms in total. The van der Waals surface area contributed by atoms with E-state index in [4.69, 9.17) is 5.73 Å². The molecule has 0 unspecified atom stereocenters. The topological polar surface area (TPSA) is 97.0 Å². The normalized spacial score (nSPS) is 15.0. The molecule has 3 heterocycles. The van der Waals surface area contributed by atoms with Crippen LogP contribution in [-0.2, 0) is 6.18 Å². The van der Waals surface area contributed by atoms with E-state index >= 15 is 0 Å². The maximum Gasteiger partial charge on any atom is 0.436 e. The first kappa shape index (κ1) is 19.5. The molecule has 0 bridgehead atoms. The highest BCUT2D eigenvalue weighted by atomic mass is 19.4. The molecule has 2 aromatic heterocycles. The number of aromatic nitrogens is 3. The SMILES string of the molecule is NC1=C(Nc2ncc(F)cn2)CCN(C(=O)c2ccnc(C(F)(F)F)c2F)C1. The molecular weight excluding hydrogens is 387 g/mol. The Morgan fingerprint density at radius 2 is 1.86 bits per heavy atom. The van der Waals surface area contributed by atoms with E-state index in [9.17, 15) is 26.7 Å². The summed E-state index contributed by atoms with van der Waals surface area (Å²) < 4.78 is 65.3. The fourth-order valence-electron chi connectivity index (χ4n) is 2.59. The average Bonchev–Trinajstić information content (AvgIpc) is 2.64. The van der Waals surface area contributed by atoms with Crippen molar-refractivity contribution in [3.8, 4) is 0 Å². The largest absolute Gasteiger partial charge is 0.436 e. The summed E-state index contributed by atoms with van der Waals surface area (Å²) in [7, 11) is 0. The lowest BCUT2D eigenvalue weighted by molar-refractivity contribution is -0.143. The van der Waals surface area contributed by atoms with Gasteiger partial charge in [-0.05, 0) is 6.07 Å². The Labute approximate surface area is 155 Å².